The Balaban J connectivity index is 1.48. The first kappa shape index (κ1) is 21.0. The van der Waals surface area contributed by atoms with Gasteiger partial charge in [0.15, 0.2) is 5.11 Å². The number of rotatable bonds is 5. The van der Waals surface area contributed by atoms with Gasteiger partial charge in [0.1, 0.15) is 0 Å². The molecular weight excluding hydrogens is 382 g/mol. The van der Waals surface area contributed by atoms with Gasteiger partial charge in [-0.2, -0.15) is 0 Å². The first-order valence-electron chi connectivity index (χ1n) is 10.1. The molecule has 1 saturated carbocycles. The quantitative estimate of drug-likeness (QED) is 0.650. The molecule has 1 aliphatic carbocycles. The molecule has 0 radical (unpaired) electrons. The molecule has 0 atom stereocenters. The Hall–Kier alpha value is -2.73. The average Bonchev–Trinajstić information content (AvgIpc) is 2.71. The number of hydrogen-bond donors (Lipinski definition) is 3. The molecule has 0 spiro atoms. The monoisotopic (exact) mass is 409 g/mol. The zero-order valence-electron chi connectivity index (χ0n) is 16.7. The van der Waals surface area contributed by atoms with Crippen LogP contribution in [-0.2, 0) is 11.2 Å². The first-order chi connectivity index (χ1) is 14.0. The zero-order chi connectivity index (χ0) is 20.6. The third-order valence-corrected chi connectivity index (χ3v) is 5.41. The van der Waals surface area contributed by atoms with Gasteiger partial charge in [0, 0.05) is 17.3 Å². The third kappa shape index (κ3) is 6.39. The van der Waals surface area contributed by atoms with Gasteiger partial charge in [-0.15, -0.1) is 0 Å². The van der Waals surface area contributed by atoms with Gasteiger partial charge >= 0.3 is 0 Å². The van der Waals surface area contributed by atoms with Crippen LogP contribution in [0, 0.1) is 6.92 Å². The number of nitrogens with one attached hydrogen (secondary N) is 3. The van der Waals surface area contributed by atoms with Crippen LogP contribution in [-0.4, -0.2) is 23.0 Å². The molecule has 2 amide bonds. The summed E-state index contributed by atoms with van der Waals surface area (Å²) in [6, 6.07) is 15.2. The van der Waals surface area contributed by atoms with E-state index in [9.17, 15) is 9.59 Å². The predicted octanol–water partition coefficient (Wildman–Crippen LogP) is 4.11. The fraction of sp³-hybridized carbons (Fsp3) is 0.348. The lowest BCUT2D eigenvalue weighted by Gasteiger charge is -2.22. The van der Waals surface area contributed by atoms with Crippen molar-refractivity contribution in [2.45, 2.75) is 51.5 Å². The second-order valence-electron chi connectivity index (χ2n) is 7.49. The Bertz CT molecular complexity index is 874. The summed E-state index contributed by atoms with van der Waals surface area (Å²) in [4.78, 5) is 24.6. The molecule has 3 rings (SSSR count). The largest absolute Gasteiger partial charge is 0.349 e. The van der Waals surface area contributed by atoms with Crippen molar-refractivity contribution in [1.82, 2.24) is 10.6 Å². The van der Waals surface area contributed by atoms with Crippen LogP contribution in [0.5, 0.6) is 0 Å². The highest BCUT2D eigenvalue weighted by molar-refractivity contribution is 7.80. The highest BCUT2D eigenvalue weighted by atomic mass is 32.1. The molecule has 2 aromatic rings. The minimum atomic E-state index is -0.166. The van der Waals surface area contributed by atoms with Gasteiger partial charge in [0.2, 0.25) is 5.91 Å². The van der Waals surface area contributed by atoms with E-state index in [4.69, 9.17) is 12.2 Å². The number of anilines is 1. The van der Waals surface area contributed by atoms with Gasteiger partial charge in [-0.3, -0.25) is 9.59 Å². The van der Waals surface area contributed by atoms with E-state index in [0.717, 1.165) is 29.7 Å². The lowest BCUT2D eigenvalue weighted by Crippen LogP contribution is -2.36. The minimum Gasteiger partial charge on any atom is -0.349 e. The van der Waals surface area contributed by atoms with Crippen molar-refractivity contribution in [2.24, 2.45) is 0 Å². The van der Waals surface area contributed by atoms with E-state index >= 15 is 0 Å². The van der Waals surface area contributed by atoms with Crippen molar-refractivity contribution in [2.75, 3.05) is 5.32 Å². The molecule has 1 aliphatic rings. The van der Waals surface area contributed by atoms with Gasteiger partial charge in [0.05, 0.1) is 6.42 Å². The molecular formula is C23H27N3O2S. The standard InChI is InChI=1S/C23H27N3O2S/c1-16-7-5-6-8-18(16)15-21(27)26-23(29)25-20-13-11-17(12-14-20)22(28)24-19-9-3-2-4-10-19/h5-8,11-14,19H,2-4,9-10,15H2,1H3,(H,24,28)(H2,25,26,27,29). The molecule has 29 heavy (non-hydrogen) atoms. The van der Waals surface area contributed by atoms with Gasteiger partial charge < -0.3 is 16.0 Å². The smallest absolute Gasteiger partial charge is 0.251 e. The van der Waals surface area contributed by atoms with Crippen LogP contribution in [0.4, 0.5) is 5.69 Å². The maximum absolute atomic E-state index is 12.4. The first-order valence-corrected chi connectivity index (χ1v) is 10.5. The molecule has 6 heteroatoms. The van der Waals surface area contributed by atoms with E-state index in [2.05, 4.69) is 16.0 Å². The summed E-state index contributed by atoms with van der Waals surface area (Å²) >= 11 is 5.23. The molecule has 0 unspecified atom stereocenters. The Labute approximate surface area is 177 Å². The van der Waals surface area contributed by atoms with Crippen LogP contribution >= 0.6 is 12.2 Å². The number of carbonyl (C=O) groups excluding carboxylic acids is 2. The normalized spacial score (nSPS) is 14.1. The van der Waals surface area contributed by atoms with Gasteiger partial charge in [0.25, 0.3) is 5.91 Å². The maximum atomic E-state index is 12.4. The number of benzene rings is 2. The molecule has 0 heterocycles. The molecule has 3 N–H and O–H groups in total. The van der Waals surface area contributed by atoms with Gasteiger partial charge in [-0.05, 0) is 67.4 Å². The Morgan fingerprint density at radius 2 is 1.69 bits per heavy atom. The number of amides is 2. The van der Waals surface area contributed by atoms with E-state index < -0.39 is 0 Å². The molecule has 0 aliphatic heterocycles. The number of carbonyl (C=O) groups is 2. The van der Waals surface area contributed by atoms with Crippen LogP contribution in [0.25, 0.3) is 0 Å². The molecule has 5 nitrogen and oxygen atoms in total. The number of hydrogen-bond acceptors (Lipinski definition) is 3. The summed E-state index contributed by atoms with van der Waals surface area (Å²) in [6.45, 7) is 1.98. The van der Waals surface area contributed by atoms with E-state index in [-0.39, 0.29) is 29.4 Å². The van der Waals surface area contributed by atoms with E-state index in [1.807, 2.05) is 31.2 Å². The van der Waals surface area contributed by atoms with Crippen molar-refractivity contribution in [3.8, 4) is 0 Å². The van der Waals surface area contributed by atoms with Crippen molar-refractivity contribution >= 4 is 34.8 Å². The Kier molecular flexibility index (Phi) is 7.36. The summed E-state index contributed by atoms with van der Waals surface area (Å²) in [5, 5.41) is 9.03. The van der Waals surface area contributed by atoms with Crippen molar-refractivity contribution in [1.29, 1.82) is 0 Å². The van der Waals surface area contributed by atoms with Gasteiger partial charge in [-0.1, -0.05) is 43.5 Å². The summed E-state index contributed by atoms with van der Waals surface area (Å²) < 4.78 is 0. The molecule has 0 saturated heterocycles. The summed E-state index contributed by atoms with van der Waals surface area (Å²) in [6.07, 6.45) is 6.01. The highest BCUT2D eigenvalue weighted by Gasteiger charge is 2.16. The van der Waals surface area contributed by atoms with Crippen LogP contribution < -0.4 is 16.0 Å². The number of thiocarbonyl (C=S) groups is 1. The third-order valence-electron chi connectivity index (χ3n) is 5.21. The minimum absolute atomic E-state index is 0.0439. The molecule has 0 bridgehead atoms. The van der Waals surface area contributed by atoms with E-state index in [0.29, 0.717) is 5.56 Å². The van der Waals surface area contributed by atoms with Gasteiger partial charge in [-0.25, -0.2) is 0 Å². The molecule has 152 valence electrons. The van der Waals surface area contributed by atoms with Crippen molar-refractivity contribution in [3.05, 3.63) is 65.2 Å². The fourth-order valence-electron chi connectivity index (χ4n) is 3.54. The Morgan fingerprint density at radius 1 is 1.00 bits per heavy atom. The topological polar surface area (TPSA) is 70.2 Å². The van der Waals surface area contributed by atoms with E-state index in [1.54, 1.807) is 24.3 Å². The van der Waals surface area contributed by atoms with Crippen LogP contribution in [0.2, 0.25) is 0 Å². The SMILES string of the molecule is Cc1ccccc1CC(=O)NC(=S)Nc1ccc(C(=O)NC2CCCCC2)cc1. The molecule has 0 aromatic heterocycles. The number of aryl methyl sites for hydroxylation is 1. The fourth-order valence-corrected chi connectivity index (χ4v) is 3.77. The molecule has 1 fully saturated rings. The zero-order valence-corrected chi connectivity index (χ0v) is 17.5. The van der Waals surface area contributed by atoms with Crippen LogP contribution in [0.15, 0.2) is 48.5 Å². The summed E-state index contributed by atoms with van der Waals surface area (Å²) in [7, 11) is 0. The molecule has 2 aromatic carbocycles. The highest BCUT2D eigenvalue weighted by Crippen LogP contribution is 2.18. The maximum Gasteiger partial charge on any atom is 0.251 e. The summed E-state index contributed by atoms with van der Waals surface area (Å²) in [5.74, 6) is -0.210. The Morgan fingerprint density at radius 3 is 2.38 bits per heavy atom. The van der Waals surface area contributed by atoms with Crippen LogP contribution in [0.3, 0.4) is 0 Å². The average molecular weight is 410 g/mol. The predicted molar refractivity (Wildman–Crippen MR) is 120 cm³/mol. The van der Waals surface area contributed by atoms with Crippen molar-refractivity contribution in [3.63, 3.8) is 0 Å². The second-order valence-corrected chi connectivity index (χ2v) is 7.90. The van der Waals surface area contributed by atoms with Crippen LogP contribution in [0.1, 0.15) is 53.6 Å². The second kappa shape index (κ2) is 10.2. The van der Waals surface area contributed by atoms with E-state index in [1.165, 1.54) is 19.3 Å². The summed E-state index contributed by atoms with van der Waals surface area (Å²) in [5.41, 5.74) is 3.39. The van der Waals surface area contributed by atoms with Crippen molar-refractivity contribution < 1.29 is 9.59 Å². The lowest BCUT2D eigenvalue weighted by molar-refractivity contribution is -0.119. The lowest BCUT2D eigenvalue weighted by atomic mass is 9.95.